The summed E-state index contributed by atoms with van der Waals surface area (Å²) in [5.41, 5.74) is 2.41. The Hall–Kier alpha value is -1.64. The zero-order valence-electron chi connectivity index (χ0n) is 7.66. The van der Waals surface area contributed by atoms with Gasteiger partial charge in [-0.25, -0.2) is 4.99 Å². The maximum Gasteiger partial charge on any atom is 0.309 e. The van der Waals surface area contributed by atoms with Gasteiger partial charge in [-0.15, -0.1) is 5.73 Å². The first kappa shape index (κ1) is 12.4. The smallest absolute Gasteiger partial charge is 0.258 e. The monoisotopic (exact) mass is 212 g/mol. The quantitative estimate of drug-likeness (QED) is 0.237. The van der Waals surface area contributed by atoms with Crippen LogP contribution in [0.25, 0.3) is 0 Å². The van der Waals surface area contributed by atoms with E-state index >= 15 is 0 Å². The van der Waals surface area contributed by atoms with Crippen LogP contribution in [0, 0.1) is 10.1 Å². The van der Waals surface area contributed by atoms with Crippen molar-refractivity contribution in [2.45, 2.75) is 6.92 Å². The van der Waals surface area contributed by atoms with Crippen LogP contribution in [0.15, 0.2) is 47.4 Å². The molecule has 0 rings (SSSR count). The largest absolute Gasteiger partial charge is 0.309 e. The summed E-state index contributed by atoms with van der Waals surface area (Å²) in [6.45, 7) is 8.19. The predicted octanol–water partition coefficient (Wildman–Crippen LogP) is 2.66. The van der Waals surface area contributed by atoms with Gasteiger partial charge < -0.3 is 0 Å². The van der Waals surface area contributed by atoms with E-state index in [0.717, 1.165) is 6.20 Å². The highest BCUT2D eigenvalue weighted by atomic mass is 35.5. The highest BCUT2D eigenvalue weighted by Gasteiger charge is 2.19. The van der Waals surface area contributed by atoms with Crippen molar-refractivity contribution < 1.29 is 4.92 Å². The van der Waals surface area contributed by atoms with E-state index < -0.39 is 4.92 Å². The van der Waals surface area contributed by atoms with Crippen molar-refractivity contribution in [1.29, 1.82) is 0 Å². The minimum Gasteiger partial charge on any atom is -0.258 e. The number of nitro groups is 1. The second-order valence-corrected chi connectivity index (χ2v) is 2.60. The van der Waals surface area contributed by atoms with Crippen LogP contribution in [0.5, 0.6) is 0 Å². The van der Waals surface area contributed by atoms with Crippen LogP contribution in [0.4, 0.5) is 0 Å². The van der Waals surface area contributed by atoms with Gasteiger partial charge in [0.25, 0.3) is 0 Å². The molecule has 0 unspecified atom stereocenters. The molecule has 0 aromatic carbocycles. The zero-order chi connectivity index (χ0) is 11.1. The van der Waals surface area contributed by atoms with Crippen molar-refractivity contribution >= 4 is 16.8 Å². The summed E-state index contributed by atoms with van der Waals surface area (Å²) in [6.07, 6.45) is 2.50. The van der Waals surface area contributed by atoms with Crippen molar-refractivity contribution in [3.8, 4) is 0 Å². The lowest BCUT2D eigenvalue weighted by Gasteiger charge is -1.96. The zero-order valence-corrected chi connectivity index (χ0v) is 8.41. The lowest BCUT2D eigenvalue weighted by molar-refractivity contribution is -0.415. The lowest BCUT2D eigenvalue weighted by atomic mass is 10.2. The molecule has 74 valence electrons. The fourth-order valence-corrected chi connectivity index (χ4v) is 0.909. The SMILES string of the molecule is C=C=C/N=C(Cl)\C(=C(/C)C=C)[N+](=O)[O-]. The van der Waals surface area contributed by atoms with E-state index in [1.54, 1.807) is 0 Å². The first-order valence-corrected chi connectivity index (χ1v) is 3.98. The third kappa shape index (κ3) is 3.39. The second kappa shape index (κ2) is 5.91. The maximum absolute atomic E-state index is 10.6. The molecule has 5 heteroatoms. The van der Waals surface area contributed by atoms with Gasteiger partial charge in [-0.05, 0) is 6.92 Å². The van der Waals surface area contributed by atoms with Crippen molar-refractivity contribution in [1.82, 2.24) is 0 Å². The van der Waals surface area contributed by atoms with Gasteiger partial charge in [-0.3, -0.25) is 10.1 Å². The van der Waals surface area contributed by atoms with Gasteiger partial charge >= 0.3 is 5.70 Å². The molecule has 0 saturated heterocycles. The van der Waals surface area contributed by atoms with Gasteiger partial charge in [0, 0.05) is 5.57 Å². The van der Waals surface area contributed by atoms with Crippen LogP contribution in [-0.4, -0.2) is 10.1 Å². The Labute approximate surface area is 86.8 Å². The molecule has 0 aromatic rings. The van der Waals surface area contributed by atoms with E-state index in [2.05, 4.69) is 23.9 Å². The Balaban J connectivity index is 5.35. The van der Waals surface area contributed by atoms with Gasteiger partial charge in [-0.2, -0.15) is 0 Å². The summed E-state index contributed by atoms with van der Waals surface area (Å²) in [5, 5.41) is 10.4. The predicted molar refractivity (Wildman–Crippen MR) is 56.9 cm³/mol. The summed E-state index contributed by atoms with van der Waals surface area (Å²) in [4.78, 5) is 13.5. The summed E-state index contributed by atoms with van der Waals surface area (Å²) in [5.74, 6) is 0. The van der Waals surface area contributed by atoms with E-state index in [-0.39, 0.29) is 10.9 Å². The molecule has 0 spiro atoms. The van der Waals surface area contributed by atoms with E-state index in [4.69, 9.17) is 11.6 Å². The maximum atomic E-state index is 10.6. The van der Waals surface area contributed by atoms with Crippen molar-refractivity contribution in [2.24, 2.45) is 4.99 Å². The molecule has 0 aliphatic heterocycles. The Morgan fingerprint density at radius 1 is 1.71 bits per heavy atom. The van der Waals surface area contributed by atoms with Crippen LogP contribution < -0.4 is 0 Å². The molecule has 0 radical (unpaired) electrons. The van der Waals surface area contributed by atoms with Crippen molar-refractivity contribution in [2.75, 3.05) is 0 Å². The summed E-state index contributed by atoms with van der Waals surface area (Å²) in [7, 11) is 0. The second-order valence-electron chi connectivity index (χ2n) is 2.25. The first-order valence-electron chi connectivity index (χ1n) is 3.60. The van der Waals surface area contributed by atoms with Crippen LogP contribution in [-0.2, 0) is 0 Å². The third-order valence-corrected chi connectivity index (χ3v) is 1.60. The average Bonchev–Trinajstić information content (AvgIpc) is 2.14. The Morgan fingerprint density at radius 3 is 2.64 bits per heavy atom. The van der Waals surface area contributed by atoms with Crippen LogP contribution in [0.2, 0.25) is 0 Å². The topological polar surface area (TPSA) is 55.5 Å². The highest BCUT2D eigenvalue weighted by Crippen LogP contribution is 2.11. The minimum absolute atomic E-state index is 0.219. The highest BCUT2D eigenvalue weighted by molar-refractivity contribution is 6.69. The molecule has 0 saturated carbocycles. The standard InChI is InChI=1S/C9H9ClN2O2/c1-4-6-11-9(10)8(12(13)14)7(3)5-2/h5-6H,1-2H2,3H3/b8-7-,11-9+. The molecule has 0 fully saturated rings. The number of halogens is 1. The summed E-state index contributed by atoms with van der Waals surface area (Å²) < 4.78 is 0. The third-order valence-electron chi connectivity index (χ3n) is 1.33. The number of hydrogen-bond acceptors (Lipinski definition) is 3. The van der Waals surface area contributed by atoms with Crippen molar-refractivity contribution in [3.63, 3.8) is 0 Å². The number of allylic oxidation sites excluding steroid dienone is 3. The normalized spacial score (nSPS) is 12.6. The van der Waals surface area contributed by atoms with E-state index in [0.29, 0.717) is 5.57 Å². The van der Waals surface area contributed by atoms with Crippen LogP contribution in [0.3, 0.4) is 0 Å². The fourth-order valence-electron chi connectivity index (χ4n) is 0.642. The number of rotatable bonds is 4. The molecular weight excluding hydrogens is 204 g/mol. The molecule has 0 amide bonds. The van der Waals surface area contributed by atoms with E-state index in [1.807, 2.05) is 0 Å². The van der Waals surface area contributed by atoms with Crippen LogP contribution >= 0.6 is 11.6 Å². The van der Waals surface area contributed by atoms with Crippen molar-refractivity contribution in [3.05, 3.63) is 52.5 Å². The van der Waals surface area contributed by atoms with E-state index in [1.165, 1.54) is 13.0 Å². The molecule has 0 atom stereocenters. The lowest BCUT2D eigenvalue weighted by Crippen LogP contribution is -2.08. The molecule has 0 heterocycles. The van der Waals surface area contributed by atoms with Gasteiger partial charge in [0.2, 0.25) is 5.17 Å². The fraction of sp³-hybridized carbons (Fsp3) is 0.111. The summed E-state index contributed by atoms with van der Waals surface area (Å²) in [6, 6.07) is 0. The number of aliphatic imine (C=N–C) groups is 1. The minimum atomic E-state index is -0.611. The van der Waals surface area contributed by atoms with Gasteiger partial charge in [0.1, 0.15) is 0 Å². The molecule has 0 N–H and O–H groups in total. The molecule has 0 aliphatic carbocycles. The van der Waals surface area contributed by atoms with Gasteiger partial charge in [0.15, 0.2) is 0 Å². The number of nitrogens with zero attached hydrogens (tertiary/aromatic N) is 2. The first-order chi connectivity index (χ1) is 6.54. The Bertz CT molecular complexity index is 363. The molecule has 0 aliphatic rings. The van der Waals surface area contributed by atoms with Crippen LogP contribution in [0.1, 0.15) is 6.92 Å². The number of hydrogen-bond donors (Lipinski definition) is 0. The van der Waals surface area contributed by atoms with E-state index in [9.17, 15) is 10.1 Å². The average molecular weight is 213 g/mol. The van der Waals surface area contributed by atoms with Gasteiger partial charge in [0.05, 0.1) is 11.1 Å². The Kier molecular flexibility index (Phi) is 5.22. The molecule has 0 aromatic heterocycles. The molecule has 14 heavy (non-hydrogen) atoms. The molecular formula is C9H9ClN2O2. The Morgan fingerprint density at radius 2 is 2.29 bits per heavy atom. The molecule has 0 bridgehead atoms. The molecule has 4 nitrogen and oxygen atoms in total. The van der Waals surface area contributed by atoms with Gasteiger partial charge in [-0.1, -0.05) is 30.8 Å². The summed E-state index contributed by atoms with van der Waals surface area (Å²) >= 11 is 5.60.